The summed E-state index contributed by atoms with van der Waals surface area (Å²) in [6.07, 6.45) is 5.79. The molecule has 0 atom stereocenters. The molecule has 1 rings (SSSR count). The van der Waals surface area contributed by atoms with E-state index in [0.29, 0.717) is 13.2 Å². The quantitative estimate of drug-likeness (QED) is 0.445. The van der Waals surface area contributed by atoms with Crippen molar-refractivity contribution < 1.29 is 9.53 Å². The van der Waals surface area contributed by atoms with Crippen molar-refractivity contribution in [3.8, 4) is 12.3 Å². The van der Waals surface area contributed by atoms with Crippen LogP contribution in [0.1, 0.15) is 4.88 Å². The van der Waals surface area contributed by atoms with Gasteiger partial charge in [-0.15, -0.1) is 17.8 Å². The van der Waals surface area contributed by atoms with Crippen molar-refractivity contribution in [1.82, 2.24) is 5.32 Å². The molecule has 4 heteroatoms. The van der Waals surface area contributed by atoms with Gasteiger partial charge in [-0.2, -0.15) is 0 Å². The minimum atomic E-state index is -0.262. The molecule has 0 radical (unpaired) electrons. The lowest BCUT2D eigenvalue weighted by Crippen LogP contribution is -2.25. The van der Waals surface area contributed by atoms with Crippen molar-refractivity contribution in [2.45, 2.75) is 6.42 Å². The molecular weight excluding hydrogens is 210 g/mol. The molecule has 0 bridgehead atoms. The van der Waals surface area contributed by atoms with E-state index in [1.54, 1.807) is 11.3 Å². The van der Waals surface area contributed by atoms with Gasteiger partial charge >= 0.3 is 5.97 Å². The predicted molar refractivity (Wildman–Crippen MR) is 60.7 cm³/mol. The summed E-state index contributed by atoms with van der Waals surface area (Å²) in [7, 11) is 0. The first kappa shape index (κ1) is 11.8. The summed E-state index contributed by atoms with van der Waals surface area (Å²) in [5.41, 5.74) is 0. The zero-order chi connectivity index (χ0) is 10.9. The molecule has 15 heavy (non-hydrogen) atoms. The molecule has 0 aromatic carbocycles. The van der Waals surface area contributed by atoms with Crippen LogP contribution in [-0.2, 0) is 16.0 Å². The van der Waals surface area contributed by atoms with Crippen LogP contribution in [0.5, 0.6) is 0 Å². The number of hydrogen-bond acceptors (Lipinski definition) is 4. The van der Waals surface area contributed by atoms with E-state index in [1.165, 1.54) is 4.88 Å². The van der Waals surface area contributed by atoms with Gasteiger partial charge in [0.2, 0.25) is 0 Å². The number of carbonyl (C=O) groups excluding carboxylic acids is 1. The van der Waals surface area contributed by atoms with Gasteiger partial charge in [0.05, 0.1) is 19.7 Å². The predicted octanol–water partition coefficient (Wildman–Crippen LogP) is 1.06. The molecule has 0 aliphatic carbocycles. The first-order valence-corrected chi connectivity index (χ1v) is 5.53. The molecule has 80 valence electrons. The van der Waals surface area contributed by atoms with E-state index in [1.807, 2.05) is 17.5 Å². The third-order valence-corrected chi connectivity index (χ3v) is 2.62. The minimum Gasteiger partial charge on any atom is -0.464 e. The molecule has 0 fully saturated rings. The largest absolute Gasteiger partial charge is 0.464 e. The Morgan fingerprint density at radius 2 is 2.53 bits per heavy atom. The van der Waals surface area contributed by atoms with Gasteiger partial charge in [-0.05, 0) is 11.4 Å². The van der Waals surface area contributed by atoms with E-state index in [0.717, 1.165) is 6.42 Å². The zero-order valence-corrected chi connectivity index (χ0v) is 9.18. The molecule has 1 aromatic heterocycles. The average molecular weight is 223 g/mol. The Bertz CT molecular complexity index is 327. The third kappa shape index (κ3) is 5.21. The summed E-state index contributed by atoms with van der Waals surface area (Å²) in [6, 6.07) is 4.01. The van der Waals surface area contributed by atoms with Gasteiger partial charge in [0.25, 0.3) is 0 Å². The van der Waals surface area contributed by atoms with E-state index in [2.05, 4.69) is 11.2 Å². The molecule has 1 heterocycles. The highest BCUT2D eigenvalue weighted by Gasteiger charge is 2.01. The highest BCUT2D eigenvalue weighted by Crippen LogP contribution is 2.08. The van der Waals surface area contributed by atoms with Crippen LogP contribution < -0.4 is 5.32 Å². The van der Waals surface area contributed by atoms with Gasteiger partial charge in [-0.3, -0.25) is 10.1 Å². The van der Waals surface area contributed by atoms with Crippen LogP contribution in [0, 0.1) is 12.3 Å². The van der Waals surface area contributed by atoms with Crippen molar-refractivity contribution in [1.29, 1.82) is 0 Å². The van der Waals surface area contributed by atoms with Crippen LogP contribution in [0.3, 0.4) is 0 Å². The molecule has 0 aliphatic rings. The summed E-state index contributed by atoms with van der Waals surface area (Å²) in [5.74, 6) is 2.12. The number of ether oxygens (including phenoxy) is 1. The Kier molecular flexibility index (Phi) is 5.52. The fourth-order valence-corrected chi connectivity index (χ4v) is 1.70. The fraction of sp³-hybridized carbons (Fsp3) is 0.364. The smallest absolute Gasteiger partial charge is 0.319 e. The Morgan fingerprint density at radius 3 is 3.20 bits per heavy atom. The lowest BCUT2D eigenvalue weighted by Gasteiger charge is -2.03. The first-order chi connectivity index (χ1) is 7.33. The maximum absolute atomic E-state index is 11.1. The van der Waals surface area contributed by atoms with Gasteiger partial charge in [0.15, 0.2) is 0 Å². The standard InChI is InChI=1S/C11H13NO2S/c1-2-6-12-9-11(13)14-7-5-10-4-3-8-15-10/h1,3-4,8,12H,5-7,9H2. The highest BCUT2D eigenvalue weighted by molar-refractivity contribution is 7.09. The number of hydrogen-bond donors (Lipinski definition) is 1. The Hall–Kier alpha value is -1.31. The second-order valence-electron chi connectivity index (χ2n) is 2.86. The molecule has 1 N–H and O–H groups in total. The lowest BCUT2D eigenvalue weighted by atomic mass is 10.4. The molecule has 0 saturated carbocycles. The second kappa shape index (κ2) is 7.04. The van der Waals surface area contributed by atoms with Gasteiger partial charge < -0.3 is 4.74 Å². The summed E-state index contributed by atoms with van der Waals surface area (Å²) in [6.45, 7) is 0.992. The Labute approximate surface area is 93.5 Å². The maximum Gasteiger partial charge on any atom is 0.319 e. The van der Waals surface area contributed by atoms with Crippen molar-refractivity contribution in [2.24, 2.45) is 0 Å². The summed E-state index contributed by atoms with van der Waals surface area (Å²) in [4.78, 5) is 12.3. The van der Waals surface area contributed by atoms with E-state index < -0.39 is 0 Å². The fourth-order valence-electron chi connectivity index (χ4n) is 1.01. The van der Waals surface area contributed by atoms with Crippen LogP contribution in [0.4, 0.5) is 0 Å². The van der Waals surface area contributed by atoms with Crippen molar-refractivity contribution in [2.75, 3.05) is 19.7 Å². The number of carbonyl (C=O) groups is 1. The van der Waals surface area contributed by atoms with Crippen LogP contribution >= 0.6 is 11.3 Å². The average Bonchev–Trinajstić information content (AvgIpc) is 2.71. The summed E-state index contributed by atoms with van der Waals surface area (Å²) in [5, 5.41) is 4.78. The van der Waals surface area contributed by atoms with Crippen LogP contribution in [-0.4, -0.2) is 25.7 Å². The van der Waals surface area contributed by atoms with E-state index in [4.69, 9.17) is 11.2 Å². The van der Waals surface area contributed by atoms with Gasteiger partial charge in [0, 0.05) is 11.3 Å². The zero-order valence-electron chi connectivity index (χ0n) is 8.36. The number of rotatable bonds is 6. The topological polar surface area (TPSA) is 38.3 Å². The molecule has 0 spiro atoms. The number of thiophene rings is 1. The van der Waals surface area contributed by atoms with Crippen molar-refractivity contribution >= 4 is 17.3 Å². The molecule has 1 aromatic rings. The molecule has 0 aliphatic heterocycles. The Balaban J connectivity index is 2.05. The lowest BCUT2D eigenvalue weighted by molar-refractivity contribution is -0.142. The molecule has 0 saturated heterocycles. The number of nitrogens with one attached hydrogen (secondary N) is 1. The second-order valence-corrected chi connectivity index (χ2v) is 3.89. The number of esters is 1. The highest BCUT2D eigenvalue weighted by atomic mass is 32.1. The van der Waals surface area contributed by atoms with E-state index >= 15 is 0 Å². The van der Waals surface area contributed by atoms with Crippen LogP contribution in [0.15, 0.2) is 17.5 Å². The SMILES string of the molecule is C#CCNCC(=O)OCCc1cccs1. The minimum absolute atomic E-state index is 0.175. The molecule has 0 unspecified atom stereocenters. The van der Waals surface area contributed by atoms with Crippen molar-refractivity contribution in [3.63, 3.8) is 0 Å². The molecular formula is C11H13NO2S. The molecule has 3 nitrogen and oxygen atoms in total. The normalized spacial score (nSPS) is 9.53. The maximum atomic E-state index is 11.1. The Morgan fingerprint density at radius 1 is 1.67 bits per heavy atom. The summed E-state index contributed by atoms with van der Waals surface area (Å²) < 4.78 is 5.00. The van der Waals surface area contributed by atoms with E-state index in [9.17, 15) is 4.79 Å². The third-order valence-electron chi connectivity index (χ3n) is 1.69. The first-order valence-electron chi connectivity index (χ1n) is 4.65. The summed E-state index contributed by atoms with van der Waals surface area (Å²) >= 11 is 1.66. The van der Waals surface area contributed by atoms with Gasteiger partial charge in [0.1, 0.15) is 0 Å². The van der Waals surface area contributed by atoms with Gasteiger partial charge in [-0.1, -0.05) is 12.0 Å². The van der Waals surface area contributed by atoms with Gasteiger partial charge in [-0.25, -0.2) is 0 Å². The monoisotopic (exact) mass is 223 g/mol. The number of terminal acetylenes is 1. The van der Waals surface area contributed by atoms with Crippen LogP contribution in [0.2, 0.25) is 0 Å². The van der Waals surface area contributed by atoms with E-state index in [-0.39, 0.29) is 12.5 Å². The van der Waals surface area contributed by atoms with Crippen molar-refractivity contribution in [3.05, 3.63) is 22.4 Å². The van der Waals surface area contributed by atoms with Crippen LogP contribution in [0.25, 0.3) is 0 Å². The molecule has 0 amide bonds.